The molecule has 0 aliphatic heterocycles. The van der Waals surface area contributed by atoms with E-state index in [2.05, 4.69) is 10.3 Å². The van der Waals surface area contributed by atoms with Crippen LogP contribution in [0.1, 0.15) is 0 Å². The molecular weight excluding hydrogens is 147 g/mol. The summed E-state index contributed by atoms with van der Waals surface area (Å²) in [6.45, 7) is 0. The second-order valence-corrected chi connectivity index (χ2v) is 2.17. The van der Waals surface area contributed by atoms with Crippen molar-refractivity contribution >= 4 is 11.0 Å². The molecule has 56 valence electrons. The van der Waals surface area contributed by atoms with Gasteiger partial charge in [0.05, 0.1) is 0 Å². The fourth-order valence-electron chi connectivity index (χ4n) is 0.909. The fourth-order valence-corrected chi connectivity index (χ4v) is 0.909. The maximum atomic E-state index is 12.6. The third-order valence-corrected chi connectivity index (χ3v) is 1.43. The van der Waals surface area contributed by atoms with Crippen molar-refractivity contribution < 1.29 is 4.39 Å². The number of nitrogens with two attached hydrogens (primary N) is 1. The quantitative estimate of drug-likeness (QED) is 0.552. The van der Waals surface area contributed by atoms with Crippen molar-refractivity contribution in [2.24, 2.45) is 0 Å². The van der Waals surface area contributed by atoms with Gasteiger partial charge in [0.2, 0.25) is 0 Å². The summed E-state index contributed by atoms with van der Waals surface area (Å²) in [4.78, 5) is 1.04. The van der Waals surface area contributed by atoms with Crippen molar-refractivity contribution in [2.45, 2.75) is 0 Å². The molecule has 1 aromatic heterocycles. The first kappa shape index (κ1) is 6.09. The Morgan fingerprint density at radius 3 is 3.09 bits per heavy atom. The first-order valence-electron chi connectivity index (χ1n) is 3.03. The lowest BCUT2D eigenvalue weighted by Gasteiger charge is -1.90. The number of nitrogens with zero attached hydrogens (tertiary/aromatic N) is 3. The van der Waals surface area contributed by atoms with Crippen LogP contribution in [0.25, 0.3) is 11.0 Å². The molecule has 4 nitrogen and oxygen atoms in total. The largest absolute Gasteiger partial charge is 0.321 e. The van der Waals surface area contributed by atoms with E-state index in [-0.39, 0.29) is 5.82 Å². The molecule has 0 unspecified atom stereocenters. The standard InChI is InChI=1S/C6H5FN4/c7-4-1-2-5-6(3-4)11(8)10-9-5/h1-3H,8H2. The zero-order chi connectivity index (χ0) is 7.84. The van der Waals surface area contributed by atoms with Crippen LogP contribution in [0, 0.1) is 5.82 Å². The van der Waals surface area contributed by atoms with Crippen molar-refractivity contribution in [3.05, 3.63) is 24.0 Å². The van der Waals surface area contributed by atoms with E-state index in [1.165, 1.54) is 18.2 Å². The molecule has 2 aromatic rings. The van der Waals surface area contributed by atoms with Crippen LogP contribution in [-0.2, 0) is 0 Å². The van der Waals surface area contributed by atoms with Crippen molar-refractivity contribution in [1.82, 2.24) is 15.1 Å². The van der Waals surface area contributed by atoms with Gasteiger partial charge in [-0.05, 0) is 17.3 Å². The average Bonchev–Trinajstić information content (AvgIpc) is 2.33. The monoisotopic (exact) mass is 152 g/mol. The number of fused-ring (bicyclic) bond motifs is 1. The molecule has 1 aromatic carbocycles. The first-order chi connectivity index (χ1) is 5.27. The van der Waals surface area contributed by atoms with E-state index < -0.39 is 0 Å². The zero-order valence-corrected chi connectivity index (χ0v) is 5.53. The summed E-state index contributed by atoms with van der Waals surface area (Å²) < 4.78 is 12.6. The Hall–Kier alpha value is -1.65. The predicted molar refractivity (Wildman–Crippen MR) is 37.6 cm³/mol. The molecule has 5 heteroatoms. The number of hydrogen-bond donors (Lipinski definition) is 1. The third kappa shape index (κ3) is 0.813. The first-order valence-corrected chi connectivity index (χ1v) is 3.03. The average molecular weight is 152 g/mol. The summed E-state index contributed by atoms with van der Waals surface area (Å²) in [6.07, 6.45) is 0. The summed E-state index contributed by atoms with van der Waals surface area (Å²) in [6, 6.07) is 4.13. The molecule has 0 saturated heterocycles. The zero-order valence-electron chi connectivity index (χ0n) is 5.53. The van der Waals surface area contributed by atoms with Crippen LogP contribution < -0.4 is 5.84 Å². The maximum absolute atomic E-state index is 12.6. The molecule has 0 spiro atoms. The molecule has 0 aliphatic rings. The van der Waals surface area contributed by atoms with Gasteiger partial charge in [-0.3, -0.25) is 0 Å². The minimum Gasteiger partial charge on any atom is -0.321 e. The van der Waals surface area contributed by atoms with Gasteiger partial charge in [-0.25, -0.2) is 4.39 Å². The van der Waals surface area contributed by atoms with Crippen LogP contribution in [-0.4, -0.2) is 15.1 Å². The van der Waals surface area contributed by atoms with E-state index in [1.807, 2.05) is 0 Å². The predicted octanol–water partition coefficient (Wildman–Crippen LogP) is 0.284. The summed E-state index contributed by atoms with van der Waals surface area (Å²) >= 11 is 0. The molecule has 0 aliphatic carbocycles. The molecular formula is C6H5FN4. The van der Waals surface area contributed by atoms with E-state index >= 15 is 0 Å². The van der Waals surface area contributed by atoms with Gasteiger partial charge in [0, 0.05) is 6.07 Å². The number of benzene rings is 1. The summed E-state index contributed by atoms with van der Waals surface area (Å²) in [5, 5.41) is 7.20. The Morgan fingerprint density at radius 2 is 2.27 bits per heavy atom. The van der Waals surface area contributed by atoms with Crippen LogP contribution in [0.2, 0.25) is 0 Å². The van der Waals surface area contributed by atoms with Gasteiger partial charge >= 0.3 is 0 Å². The minimum absolute atomic E-state index is 0.341. The number of aromatic nitrogens is 3. The number of halogens is 1. The topological polar surface area (TPSA) is 56.7 Å². The van der Waals surface area contributed by atoms with Crippen LogP contribution in [0.5, 0.6) is 0 Å². The molecule has 0 fully saturated rings. The molecule has 0 saturated carbocycles. The number of rotatable bonds is 0. The highest BCUT2D eigenvalue weighted by Crippen LogP contribution is 2.09. The molecule has 11 heavy (non-hydrogen) atoms. The smallest absolute Gasteiger partial charge is 0.125 e. The van der Waals surface area contributed by atoms with E-state index in [4.69, 9.17) is 5.84 Å². The van der Waals surface area contributed by atoms with Gasteiger partial charge in [-0.1, -0.05) is 0 Å². The van der Waals surface area contributed by atoms with Crippen LogP contribution >= 0.6 is 0 Å². The van der Waals surface area contributed by atoms with Crippen molar-refractivity contribution in [3.63, 3.8) is 0 Å². The normalized spacial score (nSPS) is 10.6. The summed E-state index contributed by atoms with van der Waals surface area (Å²) in [5.41, 5.74) is 1.08. The Morgan fingerprint density at radius 1 is 1.45 bits per heavy atom. The second-order valence-electron chi connectivity index (χ2n) is 2.17. The molecule has 0 amide bonds. The molecule has 0 radical (unpaired) electrons. The number of hydrogen-bond acceptors (Lipinski definition) is 3. The van der Waals surface area contributed by atoms with Crippen LogP contribution in [0.15, 0.2) is 18.2 Å². The summed E-state index contributed by atoms with van der Waals surface area (Å²) in [7, 11) is 0. The second kappa shape index (κ2) is 1.91. The Bertz CT molecular complexity index is 394. The van der Waals surface area contributed by atoms with Gasteiger partial charge in [0.15, 0.2) is 0 Å². The molecule has 0 bridgehead atoms. The van der Waals surface area contributed by atoms with Gasteiger partial charge < -0.3 is 5.84 Å². The van der Waals surface area contributed by atoms with Crippen molar-refractivity contribution in [1.29, 1.82) is 0 Å². The lowest BCUT2D eigenvalue weighted by atomic mass is 10.3. The lowest BCUT2D eigenvalue weighted by Crippen LogP contribution is -2.09. The number of nitrogen functional groups attached to an aromatic ring is 1. The Kier molecular flexibility index (Phi) is 1.06. The fraction of sp³-hybridized carbons (Fsp3) is 0. The van der Waals surface area contributed by atoms with Crippen molar-refractivity contribution in [3.8, 4) is 0 Å². The van der Waals surface area contributed by atoms with Gasteiger partial charge in [0.25, 0.3) is 0 Å². The molecule has 2 N–H and O–H groups in total. The van der Waals surface area contributed by atoms with Crippen molar-refractivity contribution in [2.75, 3.05) is 5.84 Å². The van der Waals surface area contributed by atoms with Gasteiger partial charge in [-0.15, -0.1) is 5.10 Å². The molecule has 1 heterocycles. The highest BCUT2D eigenvalue weighted by molar-refractivity contribution is 5.73. The minimum atomic E-state index is -0.341. The van der Waals surface area contributed by atoms with Gasteiger partial charge in [-0.2, -0.15) is 4.79 Å². The van der Waals surface area contributed by atoms with Gasteiger partial charge in [0.1, 0.15) is 16.9 Å². The molecule has 2 rings (SSSR count). The Balaban J connectivity index is 2.87. The van der Waals surface area contributed by atoms with E-state index in [9.17, 15) is 4.39 Å². The highest BCUT2D eigenvalue weighted by atomic mass is 19.1. The van der Waals surface area contributed by atoms with E-state index in [0.717, 1.165) is 4.79 Å². The van der Waals surface area contributed by atoms with Crippen LogP contribution in [0.3, 0.4) is 0 Å². The van der Waals surface area contributed by atoms with E-state index in [0.29, 0.717) is 11.0 Å². The maximum Gasteiger partial charge on any atom is 0.125 e. The van der Waals surface area contributed by atoms with Crippen LogP contribution in [0.4, 0.5) is 4.39 Å². The lowest BCUT2D eigenvalue weighted by molar-refractivity contribution is 0.628. The van der Waals surface area contributed by atoms with E-state index in [1.54, 1.807) is 0 Å². The Labute approximate surface area is 61.4 Å². The third-order valence-electron chi connectivity index (χ3n) is 1.43. The summed E-state index contributed by atoms with van der Waals surface area (Å²) in [5.74, 6) is 4.98. The molecule has 0 atom stereocenters. The SMILES string of the molecule is Nn1nnc2ccc(F)cc21. The highest BCUT2D eigenvalue weighted by Gasteiger charge is 2.01.